The first kappa shape index (κ1) is 15.5. The van der Waals surface area contributed by atoms with E-state index in [-0.39, 0.29) is 29.3 Å². The van der Waals surface area contributed by atoms with E-state index >= 15 is 0 Å². The average Bonchev–Trinajstić information content (AvgIpc) is 3.17. The molecule has 1 aromatic rings. The largest absolute Gasteiger partial charge is 0.472 e. The fraction of sp³-hybridized carbons (Fsp3) is 0.625. The second kappa shape index (κ2) is 6.77. The van der Waals surface area contributed by atoms with Crippen LogP contribution >= 0.6 is 11.8 Å². The van der Waals surface area contributed by atoms with Gasteiger partial charge in [-0.2, -0.15) is 0 Å². The fourth-order valence-electron chi connectivity index (χ4n) is 3.31. The van der Waals surface area contributed by atoms with Crippen LogP contribution in [0.5, 0.6) is 0 Å². The maximum absolute atomic E-state index is 12.6. The first-order chi connectivity index (χ1) is 10.7. The second-order valence-corrected chi connectivity index (χ2v) is 7.14. The van der Waals surface area contributed by atoms with Gasteiger partial charge in [0, 0.05) is 24.3 Å². The fourth-order valence-corrected chi connectivity index (χ4v) is 4.77. The van der Waals surface area contributed by atoms with Crippen molar-refractivity contribution in [3.05, 3.63) is 24.2 Å². The molecule has 2 atom stereocenters. The zero-order valence-electron chi connectivity index (χ0n) is 12.8. The van der Waals surface area contributed by atoms with Crippen molar-refractivity contribution in [2.24, 2.45) is 0 Å². The van der Waals surface area contributed by atoms with Gasteiger partial charge in [0.15, 0.2) is 0 Å². The van der Waals surface area contributed by atoms with E-state index in [1.165, 1.54) is 26.2 Å². The molecule has 1 aliphatic heterocycles. The monoisotopic (exact) mass is 322 g/mol. The number of hydrogen-bond acceptors (Lipinski definition) is 4. The standard InChI is InChI=1S/C16H22N2O3S/c1-11(19)18-14(10-22-16(18)12-7-8-21-9-12)15(20)17-13-5-3-2-4-6-13/h7-9,13-14,16H,2-6,10H2,1H3,(H,17,20). The summed E-state index contributed by atoms with van der Waals surface area (Å²) in [5.74, 6) is 0.550. The van der Waals surface area contributed by atoms with Crippen LogP contribution in [0.3, 0.4) is 0 Å². The van der Waals surface area contributed by atoms with Crippen molar-refractivity contribution in [1.29, 1.82) is 0 Å². The van der Waals surface area contributed by atoms with E-state index in [9.17, 15) is 9.59 Å². The molecule has 0 aromatic carbocycles. The molecule has 2 heterocycles. The topological polar surface area (TPSA) is 62.6 Å². The number of hydrogen-bond donors (Lipinski definition) is 1. The third-order valence-electron chi connectivity index (χ3n) is 4.45. The molecule has 22 heavy (non-hydrogen) atoms. The third kappa shape index (κ3) is 3.16. The Balaban J connectivity index is 1.69. The average molecular weight is 322 g/mol. The molecule has 1 aliphatic carbocycles. The van der Waals surface area contributed by atoms with Crippen molar-refractivity contribution in [1.82, 2.24) is 10.2 Å². The molecule has 6 heteroatoms. The van der Waals surface area contributed by atoms with Crippen LogP contribution in [0.4, 0.5) is 0 Å². The highest BCUT2D eigenvalue weighted by Crippen LogP contribution is 2.41. The maximum Gasteiger partial charge on any atom is 0.243 e. The molecule has 120 valence electrons. The summed E-state index contributed by atoms with van der Waals surface area (Å²) in [6.45, 7) is 1.53. The molecule has 0 spiro atoms. The van der Waals surface area contributed by atoms with Crippen LogP contribution in [0.2, 0.25) is 0 Å². The first-order valence-corrected chi connectivity index (χ1v) is 8.94. The zero-order chi connectivity index (χ0) is 15.5. The van der Waals surface area contributed by atoms with E-state index in [0.717, 1.165) is 18.4 Å². The molecule has 3 rings (SSSR count). The lowest BCUT2D eigenvalue weighted by Gasteiger charge is -2.29. The van der Waals surface area contributed by atoms with Crippen LogP contribution in [0, 0.1) is 0 Å². The molecule has 2 aliphatic rings. The molecule has 2 amide bonds. The van der Waals surface area contributed by atoms with E-state index in [4.69, 9.17) is 4.42 Å². The zero-order valence-corrected chi connectivity index (χ0v) is 13.6. The number of nitrogens with one attached hydrogen (secondary N) is 1. The molecule has 2 fully saturated rings. The quantitative estimate of drug-likeness (QED) is 0.929. The Labute approximate surface area is 134 Å². The molecular formula is C16H22N2O3S. The Hall–Kier alpha value is -1.43. The van der Waals surface area contributed by atoms with Gasteiger partial charge < -0.3 is 14.6 Å². The predicted molar refractivity (Wildman–Crippen MR) is 85.2 cm³/mol. The maximum atomic E-state index is 12.6. The Morgan fingerprint density at radius 1 is 1.32 bits per heavy atom. The van der Waals surface area contributed by atoms with Gasteiger partial charge in [-0.1, -0.05) is 19.3 Å². The smallest absolute Gasteiger partial charge is 0.243 e. The number of amides is 2. The van der Waals surface area contributed by atoms with E-state index in [1.54, 1.807) is 29.2 Å². The van der Waals surface area contributed by atoms with Crippen molar-refractivity contribution in [2.45, 2.75) is 56.5 Å². The molecular weight excluding hydrogens is 300 g/mol. The van der Waals surface area contributed by atoms with Gasteiger partial charge in [0.25, 0.3) is 0 Å². The van der Waals surface area contributed by atoms with Gasteiger partial charge in [0.1, 0.15) is 11.4 Å². The SMILES string of the molecule is CC(=O)N1C(C(=O)NC2CCCCC2)CSC1c1ccoc1. The molecule has 0 radical (unpaired) electrons. The molecule has 2 unspecified atom stereocenters. The molecule has 1 saturated carbocycles. The van der Waals surface area contributed by atoms with E-state index in [0.29, 0.717) is 5.75 Å². The minimum atomic E-state index is -0.385. The van der Waals surface area contributed by atoms with Crippen LogP contribution in [-0.2, 0) is 9.59 Å². The summed E-state index contributed by atoms with van der Waals surface area (Å²) in [6, 6.07) is 1.74. The lowest BCUT2D eigenvalue weighted by molar-refractivity contribution is -0.138. The van der Waals surface area contributed by atoms with Crippen molar-refractivity contribution in [2.75, 3.05) is 5.75 Å². The Morgan fingerprint density at radius 2 is 2.09 bits per heavy atom. The second-order valence-electron chi connectivity index (χ2n) is 6.03. The van der Waals surface area contributed by atoms with Gasteiger partial charge in [-0.3, -0.25) is 9.59 Å². The van der Waals surface area contributed by atoms with E-state index in [2.05, 4.69) is 5.32 Å². The molecule has 1 saturated heterocycles. The van der Waals surface area contributed by atoms with Gasteiger partial charge in [-0.15, -0.1) is 11.8 Å². The summed E-state index contributed by atoms with van der Waals surface area (Å²) >= 11 is 1.62. The number of thioether (sulfide) groups is 1. The number of nitrogens with zero attached hydrogens (tertiary/aromatic N) is 1. The van der Waals surface area contributed by atoms with Gasteiger partial charge in [-0.05, 0) is 18.9 Å². The molecule has 5 nitrogen and oxygen atoms in total. The first-order valence-electron chi connectivity index (χ1n) is 7.90. The Kier molecular flexibility index (Phi) is 4.76. The van der Waals surface area contributed by atoms with E-state index in [1.807, 2.05) is 6.07 Å². The normalized spacial score (nSPS) is 26.1. The molecule has 1 N–H and O–H groups in total. The van der Waals surface area contributed by atoms with Gasteiger partial charge in [0.05, 0.1) is 12.5 Å². The lowest BCUT2D eigenvalue weighted by atomic mass is 9.95. The van der Waals surface area contributed by atoms with Crippen LogP contribution < -0.4 is 5.32 Å². The summed E-state index contributed by atoms with van der Waals surface area (Å²) < 4.78 is 5.12. The van der Waals surface area contributed by atoms with Crippen LogP contribution in [-0.4, -0.2) is 34.6 Å². The minimum absolute atomic E-state index is 0.0133. The van der Waals surface area contributed by atoms with Crippen molar-refractivity contribution in [3.63, 3.8) is 0 Å². The highest BCUT2D eigenvalue weighted by Gasteiger charge is 2.41. The minimum Gasteiger partial charge on any atom is -0.472 e. The van der Waals surface area contributed by atoms with Crippen molar-refractivity contribution in [3.8, 4) is 0 Å². The highest BCUT2D eigenvalue weighted by molar-refractivity contribution is 7.99. The number of carbonyl (C=O) groups is 2. The third-order valence-corrected chi connectivity index (χ3v) is 5.77. The summed E-state index contributed by atoms with van der Waals surface area (Å²) in [6.07, 6.45) is 8.97. The summed E-state index contributed by atoms with van der Waals surface area (Å²) in [4.78, 5) is 26.4. The summed E-state index contributed by atoms with van der Waals surface area (Å²) in [5.41, 5.74) is 0.938. The number of carbonyl (C=O) groups excluding carboxylic acids is 2. The van der Waals surface area contributed by atoms with Crippen molar-refractivity contribution < 1.29 is 14.0 Å². The Morgan fingerprint density at radius 3 is 2.73 bits per heavy atom. The summed E-state index contributed by atoms with van der Waals surface area (Å²) in [7, 11) is 0. The predicted octanol–water partition coefficient (Wildman–Crippen LogP) is 2.69. The summed E-state index contributed by atoms with van der Waals surface area (Å²) in [5, 5.41) is 3.02. The Bertz CT molecular complexity index is 526. The van der Waals surface area contributed by atoms with Crippen LogP contribution in [0.1, 0.15) is 50.0 Å². The van der Waals surface area contributed by atoms with Crippen LogP contribution in [0.25, 0.3) is 0 Å². The molecule has 0 bridgehead atoms. The number of rotatable bonds is 3. The number of furan rings is 1. The highest BCUT2D eigenvalue weighted by atomic mass is 32.2. The van der Waals surface area contributed by atoms with E-state index < -0.39 is 0 Å². The van der Waals surface area contributed by atoms with Crippen LogP contribution in [0.15, 0.2) is 23.0 Å². The van der Waals surface area contributed by atoms with Crippen molar-refractivity contribution >= 4 is 23.6 Å². The van der Waals surface area contributed by atoms with Gasteiger partial charge >= 0.3 is 0 Å². The van der Waals surface area contributed by atoms with Gasteiger partial charge in [0.2, 0.25) is 11.8 Å². The lowest BCUT2D eigenvalue weighted by Crippen LogP contribution is -2.50. The molecule has 1 aromatic heterocycles. The van der Waals surface area contributed by atoms with Gasteiger partial charge in [-0.25, -0.2) is 0 Å².